The number of nitrogens with two attached hydrogens (primary N) is 1. The summed E-state index contributed by atoms with van der Waals surface area (Å²) in [6.45, 7) is 6.46. The minimum atomic E-state index is -1.36. The fourth-order valence-electron chi connectivity index (χ4n) is 2.88. The predicted molar refractivity (Wildman–Crippen MR) is 109 cm³/mol. The summed E-state index contributed by atoms with van der Waals surface area (Å²) < 4.78 is 20.1. The molecule has 3 N–H and O–H groups in total. The molecule has 0 amide bonds. The van der Waals surface area contributed by atoms with Crippen molar-refractivity contribution in [3.05, 3.63) is 23.8 Å². The number of methoxy groups -OCH3 is 1. The Morgan fingerprint density at radius 2 is 1.55 bits per heavy atom. The second kappa shape index (κ2) is 11.9. The molecule has 0 aliphatic heterocycles. The third-order valence-corrected chi connectivity index (χ3v) is 4.81. The van der Waals surface area contributed by atoms with Crippen molar-refractivity contribution in [3.8, 4) is 11.5 Å². The number of carbonyl (C=O) groups is 4. The summed E-state index contributed by atoms with van der Waals surface area (Å²) in [7, 11) is 1.16. The Bertz CT molecular complexity index is 808. The lowest BCUT2D eigenvalue weighted by atomic mass is 9.79. The van der Waals surface area contributed by atoms with Gasteiger partial charge in [0.05, 0.1) is 7.11 Å². The smallest absolute Gasteiger partial charge is 0.480 e. The van der Waals surface area contributed by atoms with Crippen molar-refractivity contribution in [2.75, 3.05) is 7.11 Å². The Labute approximate surface area is 180 Å². The molecule has 0 saturated heterocycles. The fourth-order valence-corrected chi connectivity index (χ4v) is 2.88. The number of aliphatic carboxylic acids is 1. The van der Waals surface area contributed by atoms with E-state index in [-0.39, 0.29) is 24.3 Å². The van der Waals surface area contributed by atoms with Crippen LogP contribution >= 0.6 is 0 Å². The number of carboxylic acids is 1. The highest BCUT2D eigenvalue weighted by Crippen LogP contribution is 2.37. The van der Waals surface area contributed by atoms with E-state index in [4.69, 9.17) is 19.9 Å². The van der Waals surface area contributed by atoms with E-state index in [0.717, 1.165) is 7.11 Å². The Kier molecular flexibility index (Phi) is 9.94. The molecule has 10 nitrogen and oxygen atoms in total. The molecule has 0 saturated carbocycles. The van der Waals surface area contributed by atoms with Crippen molar-refractivity contribution in [2.24, 2.45) is 11.7 Å². The van der Waals surface area contributed by atoms with Gasteiger partial charge in [-0.25, -0.2) is 4.79 Å². The first-order valence-electron chi connectivity index (χ1n) is 9.83. The summed E-state index contributed by atoms with van der Waals surface area (Å²) in [5.41, 5.74) is 6.35. The maximum absolute atomic E-state index is 11.9. The van der Waals surface area contributed by atoms with Crippen LogP contribution in [-0.4, -0.2) is 48.4 Å². The van der Waals surface area contributed by atoms with Crippen LogP contribution in [0.25, 0.3) is 0 Å². The first kappa shape index (κ1) is 25.9. The normalized spacial score (nSPS) is 14.5. The van der Waals surface area contributed by atoms with E-state index >= 15 is 0 Å². The number of hydrogen-bond acceptors (Lipinski definition) is 9. The third-order valence-electron chi connectivity index (χ3n) is 4.81. The van der Waals surface area contributed by atoms with Gasteiger partial charge < -0.3 is 29.8 Å². The van der Waals surface area contributed by atoms with Crippen molar-refractivity contribution in [1.29, 1.82) is 0 Å². The molecule has 10 heteroatoms. The molecule has 1 rings (SSSR count). The van der Waals surface area contributed by atoms with E-state index in [1.54, 1.807) is 27.7 Å². The Hall–Kier alpha value is -3.14. The van der Waals surface area contributed by atoms with E-state index in [1.165, 1.54) is 18.2 Å². The molecule has 4 atom stereocenters. The summed E-state index contributed by atoms with van der Waals surface area (Å²) in [5.74, 6) is -3.80. The van der Waals surface area contributed by atoms with Crippen LogP contribution in [0.3, 0.4) is 0 Å². The van der Waals surface area contributed by atoms with E-state index in [1.807, 2.05) is 0 Å². The van der Waals surface area contributed by atoms with Crippen molar-refractivity contribution < 1.29 is 43.2 Å². The predicted octanol–water partition coefficient (Wildman–Crippen LogP) is 2.62. The highest BCUT2D eigenvalue weighted by molar-refractivity contribution is 5.77. The molecule has 172 valence electrons. The first-order chi connectivity index (χ1) is 14.5. The number of carbonyl (C=O) groups excluding carboxylic acids is 3. The molecule has 0 spiro atoms. The van der Waals surface area contributed by atoms with Crippen molar-refractivity contribution in [2.45, 2.75) is 58.6 Å². The van der Waals surface area contributed by atoms with Crippen LogP contribution in [0.2, 0.25) is 0 Å². The zero-order chi connectivity index (χ0) is 23.7. The lowest BCUT2D eigenvalue weighted by Crippen LogP contribution is -2.42. The van der Waals surface area contributed by atoms with Crippen LogP contribution in [-0.2, 0) is 23.9 Å². The largest absolute Gasteiger partial charge is 0.508 e. The van der Waals surface area contributed by atoms with Gasteiger partial charge in [-0.2, -0.15) is 0 Å². The average molecular weight is 439 g/mol. The Morgan fingerprint density at radius 1 is 1.00 bits per heavy atom. The molecular weight excluding hydrogens is 410 g/mol. The summed E-state index contributed by atoms with van der Waals surface area (Å²) >= 11 is 0. The van der Waals surface area contributed by atoms with E-state index in [2.05, 4.69) is 4.74 Å². The third kappa shape index (κ3) is 7.25. The molecule has 0 fully saturated rings. The van der Waals surface area contributed by atoms with Gasteiger partial charge in [-0.05, 0) is 24.6 Å². The van der Waals surface area contributed by atoms with Gasteiger partial charge in [0.25, 0.3) is 0 Å². The zero-order valence-electron chi connectivity index (χ0n) is 18.2. The monoisotopic (exact) mass is 439 g/mol. The molecule has 1 aromatic carbocycles. The second-order valence-corrected chi connectivity index (χ2v) is 6.89. The van der Waals surface area contributed by atoms with Crippen LogP contribution < -0.4 is 15.2 Å². The fraction of sp³-hybridized carbons (Fsp3) is 0.524. The Morgan fingerprint density at radius 3 is 2.03 bits per heavy atom. The topological polar surface area (TPSA) is 151 Å². The quantitative estimate of drug-likeness (QED) is 0.411. The van der Waals surface area contributed by atoms with Gasteiger partial charge in [0.1, 0.15) is 12.1 Å². The van der Waals surface area contributed by atoms with Gasteiger partial charge in [-0.15, -0.1) is 0 Å². The minimum Gasteiger partial charge on any atom is -0.480 e. The Balaban J connectivity index is 3.43. The molecule has 0 aliphatic rings. The number of benzene rings is 1. The molecule has 1 aromatic rings. The molecule has 31 heavy (non-hydrogen) atoms. The van der Waals surface area contributed by atoms with Gasteiger partial charge in [0.2, 0.25) is 0 Å². The first-order valence-corrected chi connectivity index (χ1v) is 9.83. The molecule has 0 aromatic heterocycles. The molecule has 0 bridgehead atoms. The highest BCUT2D eigenvalue weighted by Gasteiger charge is 2.36. The standard InChI is InChI=1S/C21H29NO9/c1-6-16(23)30-14-9-8-13(10-15(14)31-17(24)7-2)18(19(22)20(25)26)11(3)12(4)29-21(27)28-5/h8-12,18-19H,6-7,22H2,1-5H3,(H,25,26)/t11?,12?,18?,19-/m0/s1. The number of carboxylic acid groups (broad SMARTS) is 1. The maximum Gasteiger partial charge on any atom is 0.508 e. The SMILES string of the molecule is CCC(=O)Oc1ccc(C(C(C)C(C)OC(=O)OC)[C@H](N)C(=O)O)cc1OC(=O)CC. The molecule has 0 heterocycles. The van der Waals surface area contributed by atoms with Crippen LogP contribution in [0, 0.1) is 5.92 Å². The number of esters is 2. The van der Waals surface area contributed by atoms with Crippen molar-refractivity contribution in [3.63, 3.8) is 0 Å². The average Bonchev–Trinajstić information content (AvgIpc) is 2.74. The summed E-state index contributed by atoms with van der Waals surface area (Å²) in [6, 6.07) is 2.97. The molecule has 0 aliphatic carbocycles. The van der Waals surface area contributed by atoms with Gasteiger partial charge in [-0.3, -0.25) is 14.4 Å². The summed E-state index contributed by atoms with van der Waals surface area (Å²) in [6.07, 6.45) is -1.48. The summed E-state index contributed by atoms with van der Waals surface area (Å²) in [5, 5.41) is 9.52. The number of rotatable bonds is 10. The minimum absolute atomic E-state index is 0.0200. The highest BCUT2D eigenvalue weighted by atomic mass is 16.7. The van der Waals surface area contributed by atoms with E-state index in [0.29, 0.717) is 5.56 Å². The zero-order valence-corrected chi connectivity index (χ0v) is 18.2. The van der Waals surface area contributed by atoms with Crippen LogP contribution in [0.1, 0.15) is 52.0 Å². The van der Waals surface area contributed by atoms with Crippen LogP contribution in [0.4, 0.5) is 4.79 Å². The number of ether oxygens (including phenoxy) is 4. The van der Waals surface area contributed by atoms with Gasteiger partial charge in [-0.1, -0.05) is 26.8 Å². The van der Waals surface area contributed by atoms with Crippen LogP contribution in [0.15, 0.2) is 18.2 Å². The van der Waals surface area contributed by atoms with Gasteiger partial charge in [0.15, 0.2) is 11.5 Å². The molecular formula is C21H29NO9. The molecule has 0 radical (unpaired) electrons. The van der Waals surface area contributed by atoms with Crippen molar-refractivity contribution >= 4 is 24.1 Å². The maximum atomic E-state index is 11.9. The van der Waals surface area contributed by atoms with Crippen LogP contribution in [0.5, 0.6) is 11.5 Å². The van der Waals surface area contributed by atoms with Gasteiger partial charge in [0, 0.05) is 24.7 Å². The van der Waals surface area contributed by atoms with Gasteiger partial charge >= 0.3 is 24.1 Å². The van der Waals surface area contributed by atoms with Crippen molar-refractivity contribution in [1.82, 2.24) is 0 Å². The van der Waals surface area contributed by atoms with E-state index in [9.17, 15) is 24.3 Å². The number of hydrogen-bond donors (Lipinski definition) is 2. The molecule has 3 unspecified atom stereocenters. The lowest BCUT2D eigenvalue weighted by molar-refractivity contribution is -0.140. The van der Waals surface area contributed by atoms with E-state index < -0.39 is 48.0 Å². The summed E-state index contributed by atoms with van der Waals surface area (Å²) in [4.78, 5) is 46.7. The second-order valence-electron chi connectivity index (χ2n) is 6.89. The lowest BCUT2D eigenvalue weighted by Gasteiger charge is -2.31.